The van der Waals surface area contributed by atoms with E-state index in [1.54, 1.807) is 6.92 Å². The van der Waals surface area contributed by atoms with E-state index in [9.17, 15) is 9.18 Å². The molecule has 1 heterocycles. The molecule has 0 bridgehead atoms. The molecule has 1 fully saturated rings. The second-order valence-electron chi connectivity index (χ2n) is 4.11. The molecule has 0 radical (unpaired) electrons. The Labute approximate surface area is 94.4 Å². The fourth-order valence-electron chi connectivity index (χ4n) is 2.25. The largest absolute Gasteiger partial charge is 0.451 e. The molecule has 0 amide bonds. The minimum Gasteiger partial charge on any atom is -0.451 e. The molecule has 0 N–H and O–H groups in total. The maximum absolute atomic E-state index is 14.1. The van der Waals surface area contributed by atoms with Crippen molar-refractivity contribution in [2.24, 2.45) is 0 Å². The van der Waals surface area contributed by atoms with Gasteiger partial charge in [0.25, 0.3) is 0 Å². The molecular weight excluding hydrogens is 207 g/mol. The Balaban J connectivity index is 2.39. The second kappa shape index (κ2) is 4.24. The molecule has 0 saturated carbocycles. The average molecular weight is 222 g/mol. The van der Waals surface area contributed by atoms with Gasteiger partial charge in [0.15, 0.2) is 5.60 Å². The first-order valence-electron chi connectivity index (χ1n) is 5.60. The third-order valence-electron chi connectivity index (χ3n) is 3.12. The molecule has 1 aliphatic rings. The Hall–Kier alpha value is -1.38. The molecule has 1 aliphatic heterocycles. The predicted octanol–water partition coefficient (Wildman–Crippen LogP) is 2.97. The highest BCUT2D eigenvalue weighted by molar-refractivity contribution is 5.72. The van der Waals surface area contributed by atoms with Gasteiger partial charge in [-0.15, -0.1) is 0 Å². The van der Waals surface area contributed by atoms with Crippen molar-refractivity contribution in [2.45, 2.75) is 38.0 Å². The van der Waals surface area contributed by atoms with Crippen molar-refractivity contribution in [3.8, 4) is 0 Å². The van der Waals surface area contributed by atoms with Gasteiger partial charge >= 0.3 is 5.97 Å². The van der Waals surface area contributed by atoms with Crippen molar-refractivity contribution in [1.29, 1.82) is 0 Å². The van der Waals surface area contributed by atoms with E-state index < -0.39 is 11.8 Å². The van der Waals surface area contributed by atoms with Crippen LogP contribution in [0.2, 0.25) is 0 Å². The van der Waals surface area contributed by atoms with E-state index >= 15 is 0 Å². The minimum absolute atomic E-state index is 0.301. The highest BCUT2D eigenvalue weighted by Crippen LogP contribution is 2.42. The number of halogens is 1. The summed E-state index contributed by atoms with van der Waals surface area (Å²) in [5, 5.41) is 0. The zero-order chi connectivity index (χ0) is 11.6. The first-order valence-corrected chi connectivity index (χ1v) is 5.60. The smallest absolute Gasteiger partial charge is 0.306 e. The fraction of sp³-hybridized carbons (Fsp3) is 0.462. The Kier molecular flexibility index (Phi) is 2.95. The first kappa shape index (κ1) is 11.1. The highest BCUT2D eigenvalue weighted by atomic mass is 19.1. The van der Waals surface area contributed by atoms with Gasteiger partial charge in [-0.25, -0.2) is 4.39 Å². The summed E-state index contributed by atoms with van der Waals surface area (Å²) in [6.45, 7) is 1.77. The van der Waals surface area contributed by atoms with Crippen molar-refractivity contribution in [2.75, 3.05) is 0 Å². The van der Waals surface area contributed by atoms with Gasteiger partial charge in [-0.2, -0.15) is 0 Å². The van der Waals surface area contributed by atoms with Gasteiger partial charge in [-0.3, -0.25) is 4.79 Å². The second-order valence-corrected chi connectivity index (χ2v) is 4.11. The van der Waals surface area contributed by atoms with Crippen LogP contribution in [0.25, 0.3) is 0 Å². The molecule has 0 aliphatic carbocycles. The number of carbonyl (C=O) groups excluding carboxylic acids is 1. The number of alkyl halides is 1. The number of ether oxygens (including phenoxy) is 1. The standard InChI is InChI=1S/C13H15FO2/c1-2-11(14)13(9-8-12(15)16-13)10-6-4-3-5-7-10/h3-7,11H,2,8-9H2,1H3/t11-,13+/m1/s1. The number of cyclic esters (lactones) is 1. The van der Waals surface area contributed by atoms with Crippen molar-refractivity contribution in [1.82, 2.24) is 0 Å². The first-order chi connectivity index (χ1) is 7.69. The predicted molar refractivity (Wildman–Crippen MR) is 58.6 cm³/mol. The number of hydrogen-bond acceptors (Lipinski definition) is 2. The topological polar surface area (TPSA) is 26.3 Å². The van der Waals surface area contributed by atoms with Crippen LogP contribution in [0.15, 0.2) is 30.3 Å². The van der Waals surface area contributed by atoms with E-state index in [-0.39, 0.29) is 5.97 Å². The molecule has 1 aromatic rings. The minimum atomic E-state index is -1.14. The summed E-state index contributed by atoms with van der Waals surface area (Å²) < 4.78 is 19.3. The molecule has 3 heteroatoms. The molecule has 86 valence electrons. The third kappa shape index (κ3) is 1.70. The van der Waals surface area contributed by atoms with Crippen LogP contribution < -0.4 is 0 Å². The van der Waals surface area contributed by atoms with Gasteiger partial charge in [0, 0.05) is 12.8 Å². The zero-order valence-electron chi connectivity index (χ0n) is 9.28. The zero-order valence-corrected chi connectivity index (χ0v) is 9.28. The lowest BCUT2D eigenvalue weighted by Gasteiger charge is -2.31. The quantitative estimate of drug-likeness (QED) is 0.735. The molecule has 1 saturated heterocycles. The van der Waals surface area contributed by atoms with Crippen molar-refractivity contribution >= 4 is 5.97 Å². The lowest BCUT2D eigenvalue weighted by atomic mass is 9.85. The maximum atomic E-state index is 14.1. The van der Waals surface area contributed by atoms with Gasteiger partial charge in [-0.05, 0) is 12.0 Å². The highest BCUT2D eigenvalue weighted by Gasteiger charge is 2.48. The van der Waals surface area contributed by atoms with Crippen LogP contribution in [0.4, 0.5) is 4.39 Å². The SMILES string of the molecule is CC[C@@H](F)[C@@]1(c2ccccc2)CCC(=O)O1. The molecule has 2 nitrogen and oxygen atoms in total. The lowest BCUT2D eigenvalue weighted by molar-refractivity contribution is -0.155. The normalized spacial score (nSPS) is 26.5. The summed E-state index contributed by atoms with van der Waals surface area (Å²) in [5.41, 5.74) is -0.289. The molecule has 1 aromatic carbocycles. The Morgan fingerprint density at radius 1 is 1.44 bits per heavy atom. The van der Waals surface area contributed by atoms with Crippen molar-refractivity contribution < 1.29 is 13.9 Å². The summed E-state index contributed by atoms with van der Waals surface area (Å²) in [5.74, 6) is -0.306. The molecular formula is C13H15FO2. The molecule has 0 unspecified atom stereocenters. The van der Waals surface area contributed by atoms with Crippen LogP contribution >= 0.6 is 0 Å². The molecule has 16 heavy (non-hydrogen) atoms. The Bertz CT molecular complexity index is 377. The number of esters is 1. The van der Waals surface area contributed by atoms with Gasteiger partial charge < -0.3 is 4.74 Å². The lowest BCUT2D eigenvalue weighted by Crippen LogP contribution is -2.36. The van der Waals surface area contributed by atoms with E-state index in [2.05, 4.69) is 0 Å². The summed E-state index contributed by atoms with van der Waals surface area (Å²) in [7, 11) is 0. The Morgan fingerprint density at radius 3 is 2.62 bits per heavy atom. The van der Waals surface area contributed by atoms with Gasteiger partial charge in [-0.1, -0.05) is 37.3 Å². The summed E-state index contributed by atoms with van der Waals surface area (Å²) in [6.07, 6.45) is -0.0520. The third-order valence-corrected chi connectivity index (χ3v) is 3.12. The van der Waals surface area contributed by atoms with Crippen LogP contribution in [-0.4, -0.2) is 12.1 Å². The van der Waals surface area contributed by atoms with Crippen molar-refractivity contribution in [3.63, 3.8) is 0 Å². The van der Waals surface area contributed by atoms with Crippen LogP contribution in [0.3, 0.4) is 0 Å². The van der Waals surface area contributed by atoms with Crippen LogP contribution in [0.5, 0.6) is 0 Å². The fourth-order valence-corrected chi connectivity index (χ4v) is 2.25. The molecule has 0 spiro atoms. The summed E-state index contributed by atoms with van der Waals surface area (Å²) >= 11 is 0. The number of carbonyl (C=O) groups is 1. The van der Waals surface area contributed by atoms with E-state index in [1.165, 1.54) is 0 Å². The molecule has 2 atom stereocenters. The van der Waals surface area contributed by atoms with E-state index in [1.807, 2.05) is 30.3 Å². The number of rotatable bonds is 3. The van der Waals surface area contributed by atoms with Crippen molar-refractivity contribution in [3.05, 3.63) is 35.9 Å². The monoisotopic (exact) mass is 222 g/mol. The maximum Gasteiger partial charge on any atom is 0.306 e. The average Bonchev–Trinajstić information content (AvgIpc) is 2.73. The number of hydrogen-bond donors (Lipinski definition) is 0. The molecule has 2 rings (SSSR count). The van der Waals surface area contributed by atoms with Gasteiger partial charge in [0.05, 0.1) is 0 Å². The van der Waals surface area contributed by atoms with Gasteiger partial charge in [0.2, 0.25) is 0 Å². The molecule has 0 aromatic heterocycles. The summed E-state index contributed by atoms with van der Waals surface area (Å²) in [4.78, 5) is 11.3. The van der Waals surface area contributed by atoms with Crippen LogP contribution in [0, 0.1) is 0 Å². The summed E-state index contributed by atoms with van der Waals surface area (Å²) in [6, 6.07) is 9.19. The van der Waals surface area contributed by atoms with Crippen LogP contribution in [-0.2, 0) is 15.1 Å². The van der Waals surface area contributed by atoms with E-state index in [0.29, 0.717) is 19.3 Å². The van der Waals surface area contributed by atoms with Gasteiger partial charge in [0.1, 0.15) is 6.17 Å². The van der Waals surface area contributed by atoms with Crippen LogP contribution in [0.1, 0.15) is 31.7 Å². The number of benzene rings is 1. The van der Waals surface area contributed by atoms with E-state index in [0.717, 1.165) is 5.56 Å². The Morgan fingerprint density at radius 2 is 2.12 bits per heavy atom. The van der Waals surface area contributed by atoms with E-state index in [4.69, 9.17) is 4.74 Å².